The van der Waals surface area contributed by atoms with Gasteiger partial charge in [0.05, 0.1) is 17.5 Å². The van der Waals surface area contributed by atoms with E-state index in [0.717, 1.165) is 16.7 Å². The molecule has 3 rings (SSSR count). The lowest BCUT2D eigenvalue weighted by Crippen LogP contribution is -2.11. The largest absolute Gasteiger partial charge is 0.378 e. The quantitative estimate of drug-likeness (QED) is 0.721. The molecular weight excluding hydrogens is 218 g/mol. The predicted molar refractivity (Wildman–Crippen MR) is 64.0 cm³/mol. The van der Waals surface area contributed by atoms with E-state index in [9.17, 15) is 4.79 Å². The van der Waals surface area contributed by atoms with Crippen molar-refractivity contribution in [3.8, 4) is 0 Å². The Labute approximate surface area is 96.6 Å². The Kier molecular flexibility index (Phi) is 2.19. The third kappa shape index (κ3) is 1.43. The number of H-pyrrole nitrogens is 1. The van der Waals surface area contributed by atoms with Crippen molar-refractivity contribution in [1.29, 1.82) is 0 Å². The van der Waals surface area contributed by atoms with E-state index in [4.69, 9.17) is 4.74 Å². The van der Waals surface area contributed by atoms with Gasteiger partial charge >= 0.3 is 0 Å². The van der Waals surface area contributed by atoms with Crippen LogP contribution in [0.4, 0.5) is 0 Å². The van der Waals surface area contributed by atoms with E-state index in [-0.39, 0.29) is 5.56 Å². The van der Waals surface area contributed by atoms with Crippen molar-refractivity contribution in [2.24, 2.45) is 0 Å². The molecule has 0 aliphatic heterocycles. The second-order valence-corrected chi connectivity index (χ2v) is 3.83. The Balaban J connectivity index is 2.51. The van der Waals surface area contributed by atoms with Crippen molar-refractivity contribution in [3.05, 3.63) is 46.5 Å². The van der Waals surface area contributed by atoms with Crippen molar-refractivity contribution >= 4 is 16.4 Å². The van der Waals surface area contributed by atoms with E-state index in [1.54, 1.807) is 7.11 Å². The number of rotatable bonds is 2. The maximum absolute atomic E-state index is 11.7. The molecule has 0 aliphatic rings. The number of methoxy groups -OCH3 is 1. The normalized spacial score (nSPS) is 11.4. The van der Waals surface area contributed by atoms with E-state index in [1.165, 1.54) is 0 Å². The van der Waals surface area contributed by atoms with Gasteiger partial charge in [0.1, 0.15) is 5.69 Å². The molecule has 0 amide bonds. The fourth-order valence-corrected chi connectivity index (χ4v) is 2.06. The van der Waals surface area contributed by atoms with Crippen LogP contribution in [0.1, 0.15) is 5.69 Å². The third-order valence-electron chi connectivity index (χ3n) is 2.77. The Hall–Kier alpha value is -2.14. The first kappa shape index (κ1) is 10.0. The SMILES string of the molecule is COCc1n[nH]c(=O)c2cc3ccccn3c12. The first-order chi connectivity index (χ1) is 8.31. The minimum Gasteiger partial charge on any atom is -0.378 e. The van der Waals surface area contributed by atoms with Crippen LogP contribution in [0.5, 0.6) is 0 Å². The maximum Gasteiger partial charge on any atom is 0.273 e. The van der Waals surface area contributed by atoms with Crippen LogP contribution in [0.15, 0.2) is 35.3 Å². The van der Waals surface area contributed by atoms with Crippen molar-refractivity contribution in [1.82, 2.24) is 14.6 Å². The monoisotopic (exact) mass is 229 g/mol. The molecule has 17 heavy (non-hydrogen) atoms. The lowest BCUT2D eigenvalue weighted by molar-refractivity contribution is 0.181. The van der Waals surface area contributed by atoms with Gasteiger partial charge in [0.2, 0.25) is 0 Å². The lowest BCUT2D eigenvalue weighted by Gasteiger charge is -2.02. The van der Waals surface area contributed by atoms with Crippen LogP contribution in [-0.4, -0.2) is 21.7 Å². The Morgan fingerprint density at radius 1 is 1.47 bits per heavy atom. The number of nitrogens with one attached hydrogen (secondary N) is 1. The van der Waals surface area contributed by atoms with Crippen LogP contribution in [0.2, 0.25) is 0 Å². The number of aromatic amines is 1. The topological polar surface area (TPSA) is 59.4 Å². The van der Waals surface area contributed by atoms with Gasteiger partial charge in [0.15, 0.2) is 0 Å². The highest BCUT2D eigenvalue weighted by atomic mass is 16.5. The summed E-state index contributed by atoms with van der Waals surface area (Å²) in [7, 11) is 1.61. The predicted octanol–water partition coefficient (Wildman–Crippen LogP) is 1.32. The van der Waals surface area contributed by atoms with E-state index in [2.05, 4.69) is 10.2 Å². The Bertz CT molecular complexity index is 742. The molecule has 86 valence electrons. The third-order valence-corrected chi connectivity index (χ3v) is 2.77. The minimum absolute atomic E-state index is 0.177. The number of fused-ring (bicyclic) bond motifs is 3. The summed E-state index contributed by atoms with van der Waals surface area (Å²) in [5.74, 6) is 0. The zero-order valence-corrected chi connectivity index (χ0v) is 9.30. The molecule has 0 bridgehead atoms. The number of aromatic nitrogens is 3. The van der Waals surface area contributed by atoms with Crippen molar-refractivity contribution in [2.45, 2.75) is 6.61 Å². The average molecular weight is 229 g/mol. The Morgan fingerprint density at radius 2 is 2.35 bits per heavy atom. The molecule has 0 unspecified atom stereocenters. The van der Waals surface area contributed by atoms with Gasteiger partial charge in [-0.25, -0.2) is 5.10 Å². The van der Waals surface area contributed by atoms with Gasteiger partial charge in [-0.15, -0.1) is 0 Å². The zero-order valence-electron chi connectivity index (χ0n) is 9.30. The molecule has 3 aromatic rings. The van der Waals surface area contributed by atoms with Gasteiger partial charge in [-0.1, -0.05) is 6.07 Å². The summed E-state index contributed by atoms with van der Waals surface area (Å²) >= 11 is 0. The van der Waals surface area contributed by atoms with Crippen LogP contribution in [0, 0.1) is 0 Å². The van der Waals surface area contributed by atoms with Gasteiger partial charge in [0.25, 0.3) is 5.56 Å². The summed E-state index contributed by atoms with van der Waals surface area (Å²) in [6.07, 6.45) is 1.91. The Morgan fingerprint density at radius 3 is 3.18 bits per heavy atom. The maximum atomic E-state index is 11.7. The lowest BCUT2D eigenvalue weighted by atomic mass is 10.3. The minimum atomic E-state index is -0.177. The molecule has 3 aromatic heterocycles. The van der Waals surface area contributed by atoms with E-state index in [0.29, 0.717) is 12.0 Å². The van der Waals surface area contributed by atoms with E-state index >= 15 is 0 Å². The second-order valence-electron chi connectivity index (χ2n) is 3.83. The van der Waals surface area contributed by atoms with Crippen molar-refractivity contribution in [3.63, 3.8) is 0 Å². The summed E-state index contributed by atoms with van der Waals surface area (Å²) in [5, 5.41) is 7.16. The summed E-state index contributed by atoms with van der Waals surface area (Å²) in [6.45, 7) is 0.369. The molecule has 0 atom stereocenters. The number of pyridine rings is 1. The van der Waals surface area contributed by atoms with Crippen LogP contribution in [-0.2, 0) is 11.3 Å². The van der Waals surface area contributed by atoms with Gasteiger partial charge in [0, 0.05) is 18.8 Å². The van der Waals surface area contributed by atoms with Gasteiger partial charge in [-0.05, 0) is 18.2 Å². The highest BCUT2D eigenvalue weighted by Crippen LogP contribution is 2.19. The molecule has 1 N–H and O–H groups in total. The van der Waals surface area contributed by atoms with Gasteiger partial charge in [-0.2, -0.15) is 5.10 Å². The van der Waals surface area contributed by atoms with Crippen molar-refractivity contribution in [2.75, 3.05) is 7.11 Å². The smallest absolute Gasteiger partial charge is 0.273 e. The van der Waals surface area contributed by atoms with Crippen LogP contribution < -0.4 is 5.56 Å². The number of nitrogens with zero attached hydrogens (tertiary/aromatic N) is 2. The fraction of sp³-hybridized carbons (Fsp3) is 0.167. The molecule has 0 aromatic carbocycles. The highest BCUT2D eigenvalue weighted by Gasteiger charge is 2.11. The van der Waals surface area contributed by atoms with Gasteiger partial charge in [-0.3, -0.25) is 4.79 Å². The molecule has 0 fully saturated rings. The number of hydrogen-bond acceptors (Lipinski definition) is 3. The molecule has 5 heteroatoms. The first-order valence-corrected chi connectivity index (χ1v) is 5.27. The zero-order chi connectivity index (χ0) is 11.8. The summed E-state index contributed by atoms with van der Waals surface area (Å²) in [5.41, 5.74) is 2.33. The molecule has 5 nitrogen and oxygen atoms in total. The summed E-state index contributed by atoms with van der Waals surface area (Å²) < 4.78 is 7.05. The fourth-order valence-electron chi connectivity index (χ4n) is 2.06. The molecule has 0 aliphatic carbocycles. The number of ether oxygens (including phenoxy) is 1. The van der Waals surface area contributed by atoms with Crippen LogP contribution in [0.3, 0.4) is 0 Å². The van der Waals surface area contributed by atoms with Crippen LogP contribution >= 0.6 is 0 Å². The molecule has 3 heterocycles. The van der Waals surface area contributed by atoms with Gasteiger partial charge < -0.3 is 9.14 Å². The molecular formula is C12H11N3O2. The summed E-state index contributed by atoms with van der Waals surface area (Å²) in [6, 6.07) is 7.67. The highest BCUT2D eigenvalue weighted by molar-refractivity contribution is 5.87. The molecule has 0 saturated carbocycles. The molecule has 0 saturated heterocycles. The first-order valence-electron chi connectivity index (χ1n) is 5.27. The average Bonchev–Trinajstić information content (AvgIpc) is 2.73. The molecule has 0 radical (unpaired) electrons. The second kappa shape index (κ2) is 3.71. The van der Waals surface area contributed by atoms with E-state index < -0.39 is 0 Å². The molecule has 0 spiro atoms. The van der Waals surface area contributed by atoms with E-state index in [1.807, 2.05) is 34.9 Å². The number of hydrogen-bond donors (Lipinski definition) is 1. The standard InChI is InChI=1S/C12H11N3O2/c1-17-7-10-11-9(12(16)14-13-10)6-8-4-2-3-5-15(8)11/h2-6H,7H2,1H3,(H,14,16). The van der Waals surface area contributed by atoms with Crippen LogP contribution in [0.25, 0.3) is 16.4 Å². The van der Waals surface area contributed by atoms with Crippen molar-refractivity contribution < 1.29 is 4.74 Å². The summed E-state index contributed by atoms with van der Waals surface area (Å²) in [4.78, 5) is 11.7.